The summed E-state index contributed by atoms with van der Waals surface area (Å²) in [4.78, 5) is 14.7. The van der Waals surface area contributed by atoms with Crippen LogP contribution in [0.1, 0.15) is 49.5 Å². The minimum absolute atomic E-state index is 0.165. The highest BCUT2D eigenvalue weighted by Crippen LogP contribution is 2.31. The Balaban J connectivity index is 2.15. The van der Waals surface area contributed by atoms with Gasteiger partial charge in [-0.3, -0.25) is 4.79 Å². The van der Waals surface area contributed by atoms with Crippen molar-refractivity contribution in [2.75, 3.05) is 18.4 Å². The maximum Gasteiger partial charge on any atom is 0.254 e. The van der Waals surface area contributed by atoms with Crippen LogP contribution < -0.4 is 5.32 Å². The number of amides is 1. The van der Waals surface area contributed by atoms with Crippen molar-refractivity contribution in [3.05, 3.63) is 29.3 Å². The first-order chi connectivity index (χ1) is 9.52. The lowest BCUT2D eigenvalue weighted by molar-refractivity contribution is 0.0696. The van der Waals surface area contributed by atoms with E-state index in [4.69, 9.17) is 0 Å². The highest BCUT2D eigenvalue weighted by Gasteiger charge is 2.28. The Hall–Kier alpha value is -1.51. The molecule has 0 bridgehead atoms. The van der Waals surface area contributed by atoms with E-state index in [1.165, 1.54) is 12.8 Å². The van der Waals surface area contributed by atoms with Crippen LogP contribution in [-0.2, 0) is 0 Å². The summed E-state index contributed by atoms with van der Waals surface area (Å²) in [5, 5.41) is 3.31. The van der Waals surface area contributed by atoms with Crippen molar-refractivity contribution in [2.45, 2.75) is 46.6 Å². The van der Waals surface area contributed by atoms with Crippen LogP contribution >= 0.6 is 0 Å². The smallest absolute Gasteiger partial charge is 0.254 e. The average molecular weight is 274 g/mol. The topological polar surface area (TPSA) is 32.3 Å². The summed E-state index contributed by atoms with van der Waals surface area (Å²) in [6.45, 7) is 10.1. The van der Waals surface area contributed by atoms with Crippen molar-refractivity contribution in [3.8, 4) is 0 Å². The largest absolute Gasteiger partial charge is 0.385 e. The number of hydrogen-bond acceptors (Lipinski definition) is 2. The molecule has 0 unspecified atom stereocenters. The molecule has 0 atom stereocenters. The van der Waals surface area contributed by atoms with Crippen LogP contribution in [0, 0.1) is 12.8 Å². The first-order valence-corrected chi connectivity index (χ1v) is 7.68. The number of carbonyl (C=O) groups excluding carboxylic acids is 1. The van der Waals surface area contributed by atoms with Gasteiger partial charge in [-0.1, -0.05) is 0 Å². The van der Waals surface area contributed by atoms with Gasteiger partial charge in [0.05, 0.1) is 0 Å². The van der Waals surface area contributed by atoms with Crippen LogP contribution in [0.4, 0.5) is 5.69 Å². The van der Waals surface area contributed by atoms with E-state index in [2.05, 4.69) is 33.0 Å². The standard InChI is InChI=1S/C17H26N2O/c1-5-18-16-9-8-15(10-13(16)4)17(20)19(12(2)3)11-14-6-7-14/h8-10,12,14,18H,5-7,11H2,1-4H3. The van der Waals surface area contributed by atoms with E-state index in [1.807, 2.05) is 23.1 Å². The van der Waals surface area contributed by atoms with Gasteiger partial charge >= 0.3 is 0 Å². The third kappa shape index (κ3) is 3.53. The molecule has 1 N–H and O–H groups in total. The molecule has 0 radical (unpaired) electrons. The first kappa shape index (κ1) is 14.9. The molecule has 1 saturated carbocycles. The van der Waals surface area contributed by atoms with Gasteiger partial charge in [0.2, 0.25) is 0 Å². The monoisotopic (exact) mass is 274 g/mol. The summed E-state index contributed by atoms with van der Waals surface area (Å²) in [5.74, 6) is 0.890. The van der Waals surface area contributed by atoms with E-state index in [0.717, 1.165) is 35.8 Å². The Morgan fingerprint density at radius 1 is 1.40 bits per heavy atom. The van der Waals surface area contributed by atoms with Gasteiger partial charge in [-0.05, 0) is 70.2 Å². The number of anilines is 1. The van der Waals surface area contributed by atoms with Gasteiger partial charge < -0.3 is 10.2 Å². The fourth-order valence-corrected chi connectivity index (χ4v) is 2.46. The molecule has 0 spiro atoms. The van der Waals surface area contributed by atoms with Gasteiger partial charge in [0.15, 0.2) is 0 Å². The summed E-state index contributed by atoms with van der Waals surface area (Å²) in [6, 6.07) is 6.22. The minimum Gasteiger partial charge on any atom is -0.385 e. The third-order valence-electron chi connectivity index (χ3n) is 3.88. The Morgan fingerprint density at radius 3 is 2.60 bits per heavy atom. The van der Waals surface area contributed by atoms with E-state index in [-0.39, 0.29) is 11.9 Å². The predicted octanol–water partition coefficient (Wildman–Crippen LogP) is 3.69. The molecular formula is C17H26N2O. The Bertz CT molecular complexity index is 478. The Kier molecular flexibility index (Phi) is 4.69. The van der Waals surface area contributed by atoms with Gasteiger partial charge in [0, 0.05) is 30.4 Å². The summed E-state index contributed by atoms with van der Waals surface area (Å²) in [6.07, 6.45) is 2.55. The molecule has 110 valence electrons. The van der Waals surface area contributed by atoms with Crippen molar-refractivity contribution in [3.63, 3.8) is 0 Å². The predicted molar refractivity (Wildman–Crippen MR) is 84.2 cm³/mol. The number of carbonyl (C=O) groups is 1. The van der Waals surface area contributed by atoms with Crippen molar-refractivity contribution in [2.24, 2.45) is 5.92 Å². The third-order valence-corrected chi connectivity index (χ3v) is 3.88. The zero-order valence-corrected chi connectivity index (χ0v) is 13.1. The lowest BCUT2D eigenvalue weighted by Gasteiger charge is -2.27. The Labute approximate surface area is 122 Å². The van der Waals surface area contributed by atoms with Crippen LogP contribution in [0.25, 0.3) is 0 Å². The maximum atomic E-state index is 12.7. The molecule has 20 heavy (non-hydrogen) atoms. The second kappa shape index (κ2) is 6.29. The molecule has 0 saturated heterocycles. The van der Waals surface area contributed by atoms with Crippen LogP contribution in [-0.4, -0.2) is 29.9 Å². The second-order valence-corrected chi connectivity index (χ2v) is 6.05. The van der Waals surface area contributed by atoms with E-state index in [9.17, 15) is 4.79 Å². The minimum atomic E-state index is 0.165. The number of benzene rings is 1. The number of aryl methyl sites for hydroxylation is 1. The van der Waals surface area contributed by atoms with Gasteiger partial charge in [0.25, 0.3) is 5.91 Å². The van der Waals surface area contributed by atoms with Crippen molar-refractivity contribution in [1.29, 1.82) is 0 Å². The molecule has 3 nitrogen and oxygen atoms in total. The highest BCUT2D eigenvalue weighted by molar-refractivity contribution is 5.95. The molecule has 0 aromatic heterocycles. The molecule has 1 aromatic carbocycles. The van der Waals surface area contributed by atoms with Crippen molar-refractivity contribution in [1.82, 2.24) is 4.90 Å². The first-order valence-electron chi connectivity index (χ1n) is 7.68. The fourth-order valence-electron chi connectivity index (χ4n) is 2.46. The maximum absolute atomic E-state index is 12.7. The zero-order valence-electron chi connectivity index (χ0n) is 13.1. The summed E-state index contributed by atoms with van der Waals surface area (Å²) in [5.41, 5.74) is 3.05. The quantitative estimate of drug-likeness (QED) is 0.858. The molecule has 2 rings (SSSR count). The zero-order chi connectivity index (χ0) is 14.7. The number of nitrogens with one attached hydrogen (secondary N) is 1. The summed E-state index contributed by atoms with van der Waals surface area (Å²) in [7, 11) is 0. The van der Waals surface area contributed by atoms with Gasteiger partial charge in [-0.2, -0.15) is 0 Å². The highest BCUT2D eigenvalue weighted by atomic mass is 16.2. The van der Waals surface area contributed by atoms with Gasteiger partial charge in [-0.15, -0.1) is 0 Å². The second-order valence-electron chi connectivity index (χ2n) is 6.05. The molecule has 3 heteroatoms. The molecule has 0 aliphatic heterocycles. The van der Waals surface area contributed by atoms with Crippen molar-refractivity contribution < 1.29 is 4.79 Å². The van der Waals surface area contributed by atoms with E-state index < -0.39 is 0 Å². The summed E-state index contributed by atoms with van der Waals surface area (Å²) >= 11 is 0. The fraction of sp³-hybridized carbons (Fsp3) is 0.588. The van der Waals surface area contributed by atoms with Gasteiger partial charge in [-0.25, -0.2) is 0 Å². The van der Waals surface area contributed by atoms with E-state index in [0.29, 0.717) is 0 Å². The van der Waals surface area contributed by atoms with Crippen LogP contribution in [0.5, 0.6) is 0 Å². The molecule has 0 heterocycles. The molecule has 1 aromatic rings. The van der Waals surface area contributed by atoms with Crippen molar-refractivity contribution >= 4 is 11.6 Å². The summed E-state index contributed by atoms with van der Waals surface area (Å²) < 4.78 is 0. The van der Waals surface area contributed by atoms with E-state index >= 15 is 0 Å². The molecular weight excluding hydrogens is 248 g/mol. The number of rotatable bonds is 6. The Morgan fingerprint density at radius 2 is 2.10 bits per heavy atom. The van der Waals surface area contributed by atoms with Crippen LogP contribution in [0.3, 0.4) is 0 Å². The lowest BCUT2D eigenvalue weighted by Crippen LogP contribution is -2.38. The lowest BCUT2D eigenvalue weighted by atomic mass is 10.1. The van der Waals surface area contributed by atoms with Gasteiger partial charge in [0.1, 0.15) is 0 Å². The molecule has 1 fully saturated rings. The normalized spacial score (nSPS) is 14.4. The molecule has 1 amide bonds. The molecule has 1 aliphatic carbocycles. The van der Waals surface area contributed by atoms with Crippen LogP contribution in [0.2, 0.25) is 0 Å². The number of nitrogens with zero attached hydrogens (tertiary/aromatic N) is 1. The number of hydrogen-bond donors (Lipinski definition) is 1. The van der Waals surface area contributed by atoms with Crippen LogP contribution in [0.15, 0.2) is 18.2 Å². The SMILES string of the molecule is CCNc1ccc(C(=O)N(CC2CC2)C(C)C)cc1C. The van der Waals surface area contributed by atoms with E-state index in [1.54, 1.807) is 0 Å². The molecule has 1 aliphatic rings. The average Bonchev–Trinajstić information content (AvgIpc) is 3.21.